The molecule has 9 nitrogen and oxygen atoms in total. The third kappa shape index (κ3) is 40.0. The number of ether oxygens (including phenoxy) is 2. The molecule has 53 heavy (non-hydrogen) atoms. The molecule has 0 aliphatic rings. The van der Waals surface area contributed by atoms with Crippen molar-refractivity contribution in [3.63, 3.8) is 0 Å². The number of phosphoric ester groups is 1. The van der Waals surface area contributed by atoms with Gasteiger partial charge in [-0.1, -0.05) is 173 Å². The molecule has 0 aromatic carbocycles. The molecule has 0 rings (SSSR count). The zero-order chi connectivity index (χ0) is 38.9. The highest BCUT2D eigenvalue weighted by Gasteiger charge is 2.26. The third-order valence-electron chi connectivity index (χ3n) is 9.34. The lowest BCUT2D eigenvalue weighted by Crippen LogP contribution is -2.29. The SMILES string of the molecule is CCCCCCCC/C=C/C/C=C/CCCCC(=O)OC[C@H](COP(=O)(O)OCCN)OC(=O)CCCCCCCCCCCCCCCCCCC. The first-order chi connectivity index (χ1) is 25.8. The highest BCUT2D eigenvalue weighted by molar-refractivity contribution is 7.47. The standard InChI is InChI=1S/C43H82NO8P/c1-3-5-7-9-11-13-15-17-19-20-22-24-26-28-30-32-34-36-43(46)52-41(40-51-53(47,48)50-38-37-44)39-49-42(45)35-33-31-29-27-25-23-21-18-16-14-12-10-8-6-4-2/h18,21,25,27,41H,3-17,19-20,22-24,26,28-40,44H2,1-2H3,(H,47,48)/b21-18+,27-25+/t41-/m1/s1. The van der Waals surface area contributed by atoms with Gasteiger partial charge >= 0.3 is 19.8 Å². The van der Waals surface area contributed by atoms with Crippen molar-refractivity contribution in [1.82, 2.24) is 0 Å². The van der Waals surface area contributed by atoms with Crippen molar-refractivity contribution in [1.29, 1.82) is 0 Å². The molecule has 0 fully saturated rings. The minimum absolute atomic E-state index is 0.0510. The van der Waals surface area contributed by atoms with Crippen molar-refractivity contribution >= 4 is 19.8 Å². The molecule has 1 unspecified atom stereocenters. The molecule has 0 saturated heterocycles. The molecular weight excluding hydrogens is 689 g/mol. The number of esters is 2. The average Bonchev–Trinajstić information content (AvgIpc) is 3.14. The van der Waals surface area contributed by atoms with Gasteiger partial charge in [0.15, 0.2) is 6.10 Å². The van der Waals surface area contributed by atoms with Crippen LogP contribution in [0.1, 0.15) is 206 Å². The van der Waals surface area contributed by atoms with E-state index in [0.717, 1.165) is 38.5 Å². The molecule has 0 bridgehead atoms. The number of phosphoric acid groups is 1. The zero-order valence-corrected chi connectivity index (χ0v) is 35.2. The monoisotopic (exact) mass is 772 g/mol. The number of carbonyl (C=O) groups excluding carboxylic acids is 2. The van der Waals surface area contributed by atoms with Crippen LogP contribution in [-0.2, 0) is 32.7 Å². The topological polar surface area (TPSA) is 134 Å². The maximum atomic E-state index is 12.6. The first-order valence-corrected chi connectivity index (χ1v) is 23.3. The first-order valence-electron chi connectivity index (χ1n) is 21.8. The fourth-order valence-corrected chi connectivity index (χ4v) is 6.84. The first kappa shape index (κ1) is 51.5. The minimum atomic E-state index is -4.38. The van der Waals surface area contributed by atoms with Gasteiger partial charge < -0.3 is 20.1 Å². The van der Waals surface area contributed by atoms with Crippen LogP contribution in [0.3, 0.4) is 0 Å². The molecule has 0 aliphatic carbocycles. The summed E-state index contributed by atoms with van der Waals surface area (Å²) < 4.78 is 32.7. The molecule has 0 spiro atoms. The molecule has 2 atom stereocenters. The average molecular weight is 772 g/mol. The summed E-state index contributed by atoms with van der Waals surface area (Å²) in [7, 11) is -4.38. The van der Waals surface area contributed by atoms with Crippen LogP contribution in [0.5, 0.6) is 0 Å². The van der Waals surface area contributed by atoms with E-state index in [1.807, 2.05) is 0 Å². The molecule has 312 valence electrons. The van der Waals surface area contributed by atoms with Crippen molar-refractivity contribution in [2.24, 2.45) is 5.73 Å². The molecule has 0 aromatic heterocycles. The van der Waals surface area contributed by atoms with E-state index in [1.165, 1.54) is 128 Å². The van der Waals surface area contributed by atoms with Gasteiger partial charge in [-0.3, -0.25) is 18.6 Å². The van der Waals surface area contributed by atoms with Gasteiger partial charge in [0.25, 0.3) is 0 Å². The summed E-state index contributed by atoms with van der Waals surface area (Å²) in [5.74, 6) is -0.859. The summed E-state index contributed by atoms with van der Waals surface area (Å²) in [4.78, 5) is 34.8. The second-order valence-electron chi connectivity index (χ2n) is 14.6. The Morgan fingerprint density at radius 3 is 1.47 bits per heavy atom. The summed E-state index contributed by atoms with van der Waals surface area (Å²) in [6, 6.07) is 0. The van der Waals surface area contributed by atoms with Crippen molar-refractivity contribution in [3.8, 4) is 0 Å². The highest BCUT2D eigenvalue weighted by atomic mass is 31.2. The molecule has 0 saturated carbocycles. The summed E-state index contributed by atoms with van der Waals surface area (Å²) >= 11 is 0. The molecule has 0 aliphatic heterocycles. The van der Waals surface area contributed by atoms with Crippen LogP contribution < -0.4 is 5.73 Å². The van der Waals surface area contributed by atoms with Gasteiger partial charge in [-0.2, -0.15) is 0 Å². The Morgan fingerprint density at radius 1 is 0.566 bits per heavy atom. The number of allylic oxidation sites excluding steroid dienone is 4. The van der Waals surface area contributed by atoms with Gasteiger partial charge in [-0.15, -0.1) is 0 Å². The van der Waals surface area contributed by atoms with E-state index in [-0.39, 0.29) is 32.6 Å². The minimum Gasteiger partial charge on any atom is -0.462 e. The fourth-order valence-electron chi connectivity index (χ4n) is 6.08. The molecular formula is C43H82NO8P. The Labute approximate surface area is 325 Å². The number of carbonyl (C=O) groups is 2. The van der Waals surface area contributed by atoms with E-state index >= 15 is 0 Å². The van der Waals surface area contributed by atoms with Crippen LogP contribution in [0, 0.1) is 0 Å². The highest BCUT2D eigenvalue weighted by Crippen LogP contribution is 2.43. The van der Waals surface area contributed by atoms with Crippen molar-refractivity contribution in [2.75, 3.05) is 26.4 Å². The van der Waals surface area contributed by atoms with Gasteiger partial charge in [0, 0.05) is 19.4 Å². The van der Waals surface area contributed by atoms with Crippen LogP contribution in [0.2, 0.25) is 0 Å². The Morgan fingerprint density at radius 2 is 0.981 bits per heavy atom. The largest absolute Gasteiger partial charge is 0.472 e. The lowest BCUT2D eigenvalue weighted by molar-refractivity contribution is -0.161. The number of unbranched alkanes of at least 4 members (excludes halogenated alkanes) is 24. The van der Waals surface area contributed by atoms with Gasteiger partial charge in [0.2, 0.25) is 0 Å². The van der Waals surface area contributed by atoms with E-state index in [4.69, 9.17) is 24.3 Å². The molecule has 3 N–H and O–H groups in total. The van der Waals surface area contributed by atoms with E-state index < -0.39 is 32.5 Å². The third-order valence-corrected chi connectivity index (χ3v) is 10.3. The fraction of sp³-hybridized carbons (Fsp3) is 0.860. The van der Waals surface area contributed by atoms with E-state index in [2.05, 4.69) is 38.2 Å². The smallest absolute Gasteiger partial charge is 0.462 e. The Kier molecular flexibility index (Phi) is 39.0. The van der Waals surface area contributed by atoms with Gasteiger partial charge in [-0.25, -0.2) is 4.57 Å². The summed E-state index contributed by atoms with van der Waals surface area (Å²) in [5.41, 5.74) is 5.34. The predicted octanol–water partition coefficient (Wildman–Crippen LogP) is 12.4. The molecule has 10 heteroatoms. The van der Waals surface area contributed by atoms with E-state index in [9.17, 15) is 19.0 Å². The molecule has 0 radical (unpaired) electrons. The van der Waals surface area contributed by atoms with Gasteiger partial charge in [0.1, 0.15) is 6.61 Å². The Bertz CT molecular complexity index is 928. The maximum absolute atomic E-state index is 12.6. The number of hydrogen-bond donors (Lipinski definition) is 2. The summed E-state index contributed by atoms with van der Waals surface area (Å²) in [6.45, 7) is 3.71. The normalized spacial score (nSPS) is 13.5. The molecule has 0 aromatic rings. The second kappa shape index (κ2) is 40.2. The molecule has 0 amide bonds. The van der Waals surface area contributed by atoms with Crippen molar-refractivity contribution in [3.05, 3.63) is 24.3 Å². The maximum Gasteiger partial charge on any atom is 0.472 e. The molecule has 0 heterocycles. The number of rotatable bonds is 41. The quantitative estimate of drug-likeness (QED) is 0.0269. The van der Waals surface area contributed by atoms with Gasteiger partial charge in [-0.05, 0) is 44.9 Å². The summed E-state index contributed by atoms with van der Waals surface area (Å²) in [6.07, 6.45) is 42.1. The van der Waals surface area contributed by atoms with Crippen LogP contribution in [0.15, 0.2) is 24.3 Å². The van der Waals surface area contributed by atoms with E-state index in [1.54, 1.807) is 0 Å². The summed E-state index contributed by atoms with van der Waals surface area (Å²) in [5, 5.41) is 0. The van der Waals surface area contributed by atoms with Crippen LogP contribution in [0.4, 0.5) is 0 Å². The zero-order valence-electron chi connectivity index (χ0n) is 34.3. The van der Waals surface area contributed by atoms with Crippen molar-refractivity contribution < 1.29 is 37.6 Å². The van der Waals surface area contributed by atoms with Crippen LogP contribution in [-0.4, -0.2) is 49.3 Å². The second-order valence-corrected chi connectivity index (χ2v) is 16.0. The van der Waals surface area contributed by atoms with E-state index in [0.29, 0.717) is 12.8 Å². The lowest BCUT2D eigenvalue weighted by atomic mass is 10.0. The van der Waals surface area contributed by atoms with Crippen LogP contribution >= 0.6 is 7.82 Å². The van der Waals surface area contributed by atoms with Crippen molar-refractivity contribution in [2.45, 2.75) is 213 Å². The lowest BCUT2D eigenvalue weighted by Gasteiger charge is -2.19. The van der Waals surface area contributed by atoms with Gasteiger partial charge in [0.05, 0.1) is 13.2 Å². The number of nitrogens with two attached hydrogens (primary N) is 1. The predicted molar refractivity (Wildman–Crippen MR) is 220 cm³/mol. The Balaban J connectivity index is 4.17. The van der Waals surface area contributed by atoms with Crippen LogP contribution in [0.25, 0.3) is 0 Å². The Hall–Kier alpha value is -1.51. The number of hydrogen-bond acceptors (Lipinski definition) is 8.